The lowest BCUT2D eigenvalue weighted by Crippen LogP contribution is -2.34. The summed E-state index contributed by atoms with van der Waals surface area (Å²) in [6, 6.07) is 16.0. The Kier molecular flexibility index (Phi) is 3.73. The zero-order valence-corrected chi connectivity index (χ0v) is 13.2. The van der Waals surface area contributed by atoms with Crippen molar-refractivity contribution in [3.63, 3.8) is 0 Å². The third kappa shape index (κ3) is 2.87. The van der Waals surface area contributed by atoms with Crippen LogP contribution in [0.25, 0.3) is 6.08 Å². The molecule has 1 N–H and O–H groups in total. The van der Waals surface area contributed by atoms with Crippen LogP contribution in [0.15, 0.2) is 53.5 Å². The molecule has 2 aromatic rings. The maximum Gasteiger partial charge on any atom is 0.253 e. The van der Waals surface area contributed by atoms with E-state index >= 15 is 0 Å². The second-order valence-corrected chi connectivity index (χ2v) is 6.39. The van der Waals surface area contributed by atoms with Gasteiger partial charge in [0.05, 0.1) is 17.3 Å². The monoisotopic (exact) mass is 318 g/mol. The van der Waals surface area contributed by atoms with Gasteiger partial charge in [0.2, 0.25) is 5.91 Å². The molecule has 4 heteroatoms. The number of carbonyl (C=O) groups is 2. The van der Waals surface area contributed by atoms with Crippen molar-refractivity contribution in [3.8, 4) is 0 Å². The molecule has 0 aromatic heterocycles. The normalized spacial score (nSPS) is 22.3. The van der Waals surface area contributed by atoms with Crippen LogP contribution in [0.5, 0.6) is 0 Å². The van der Waals surface area contributed by atoms with Gasteiger partial charge >= 0.3 is 0 Å². The molecule has 1 saturated heterocycles. The third-order valence-corrected chi connectivity index (χ3v) is 4.70. The molecule has 1 fully saturated rings. The molecule has 2 aliphatic rings. The summed E-state index contributed by atoms with van der Waals surface area (Å²) >= 11 is 0. The smallest absolute Gasteiger partial charge is 0.253 e. The second-order valence-electron chi connectivity index (χ2n) is 6.39. The number of fused-ring (bicyclic) bond motifs is 1. The highest BCUT2D eigenvalue weighted by Gasteiger charge is 2.22. The first-order valence-electron chi connectivity index (χ1n) is 8.27. The quantitative estimate of drug-likeness (QED) is 0.931. The van der Waals surface area contributed by atoms with Crippen LogP contribution < -0.4 is 15.9 Å². The predicted molar refractivity (Wildman–Crippen MR) is 90.4 cm³/mol. The zero-order chi connectivity index (χ0) is 16.5. The van der Waals surface area contributed by atoms with Gasteiger partial charge in [0.15, 0.2) is 0 Å². The lowest BCUT2D eigenvalue weighted by atomic mass is 9.94. The number of carbonyl (C=O) groups excluding carboxylic acids is 2. The molecule has 120 valence electrons. The molecule has 0 radical (unpaired) electrons. The van der Waals surface area contributed by atoms with Gasteiger partial charge < -0.3 is 5.32 Å². The number of hydrogen-bond donors (Lipinski definition) is 1. The average molecular weight is 318 g/mol. The summed E-state index contributed by atoms with van der Waals surface area (Å²) in [4.78, 5) is 27.8. The Balaban J connectivity index is 1.52. The van der Waals surface area contributed by atoms with E-state index in [9.17, 15) is 9.59 Å². The van der Waals surface area contributed by atoms with Crippen molar-refractivity contribution in [3.05, 3.63) is 70.2 Å². The van der Waals surface area contributed by atoms with Gasteiger partial charge in [-0.05, 0) is 35.3 Å². The molecular formula is C20H18N2O2. The Labute approximate surface area is 139 Å². The first-order valence-corrected chi connectivity index (χ1v) is 8.27. The molecule has 24 heavy (non-hydrogen) atoms. The first-order chi connectivity index (χ1) is 11.7. The maximum absolute atomic E-state index is 12.2. The number of nitrogens with zero attached hydrogens (tertiary/aromatic N) is 1. The summed E-state index contributed by atoms with van der Waals surface area (Å²) in [6.07, 6.45) is 4.10. The Morgan fingerprint density at radius 2 is 1.83 bits per heavy atom. The van der Waals surface area contributed by atoms with Gasteiger partial charge in [-0.15, -0.1) is 0 Å². The second kappa shape index (κ2) is 6.04. The minimum atomic E-state index is -0.211. The third-order valence-electron chi connectivity index (χ3n) is 4.70. The Bertz CT molecular complexity index is 915. The Morgan fingerprint density at radius 1 is 1.04 bits per heavy atom. The molecule has 4 nitrogen and oxygen atoms in total. The van der Waals surface area contributed by atoms with E-state index in [1.165, 1.54) is 0 Å². The van der Waals surface area contributed by atoms with E-state index in [1.807, 2.05) is 54.6 Å². The van der Waals surface area contributed by atoms with Crippen molar-refractivity contribution < 1.29 is 9.59 Å². The van der Waals surface area contributed by atoms with Crippen LogP contribution in [-0.2, 0) is 16.0 Å². The van der Waals surface area contributed by atoms with Crippen molar-refractivity contribution in [1.29, 1.82) is 0 Å². The molecule has 0 bridgehead atoms. The van der Waals surface area contributed by atoms with Gasteiger partial charge in [0.25, 0.3) is 5.91 Å². The van der Waals surface area contributed by atoms with Gasteiger partial charge in [-0.25, -0.2) is 4.99 Å². The van der Waals surface area contributed by atoms with Gasteiger partial charge in [-0.2, -0.15) is 0 Å². The Morgan fingerprint density at radius 3 is 2.58 bits per heavy atom. The lowest BCUT2D eigenvalue weighted by molar-refractivity contribution is -0.120. The molecule has 2 aromatic carbocycles. The topological polar surface area (TPSA) is 58.5 Å². The van der Waals surface area contributed by atoms with Crippen molar-refractivity contribution in [2.75, 3.05) is 0 Å². The van der Waals surface area contributed by atoms with Gasteiger partial charge in [0, 0.05) is 6.42 Å². The number of amides is 2. The van der Waals surface area contributed by atoms with E-state index in [0.29, 0.717) is 12.8 Å². The van der Waals surface area contributed by atoms with Gasteiger partial charge in [-0.1, -0.05) is 48.5 Å². The number of rotatable bonds is 3. The van der Waals surface area contributed by atoms with E-state index in [4.69, 9.17) is 0 Å². The van der Waals surface area contributed by atoms with E-state index in [1.54, 1.807) is 0 Å². The van der Waals surface area contributed by atoms with E-state index in [-0.39, 0.29) is 23.8 Å². The summed E-state index contributed by atoms with van der Waals surface area (Å²) in [5, 5.41) is 4.75. The first kappa shape index (κ1) is 14.8. The standard InChI is InChI=1S/C20H18N2O2/c23-19-10-9-18(21-19)14-7-5-13(6-8-14)11-16-12-15-3-1-2-4-17(15)22-20(16)24/h1-8,12,16,18H,9-11H2,(H,21,23)/t16?,18-/m0/s1. The highest BCUT2D eigenvalue weighted by Crippen LogP contribution is 2.24. The number of para-hydroxylation sites is 1. The summed E-state index contributed by atoms with van der Waals surface area (Å²) in [5.41, 5.74) is 2.23. The van der Waals surface area contributed by atoms with Crippen LogP contribution in [0.3, 0.4) is 0 Å². The van der Waals surface area contributed by atoms with Gasteiger partial charge in [0.1, 0.15) is 0 Å². The largest absolute Gasteiger partial charge is 0.349 e. The fourth-order valence-corrected chi connectivity index (χ4v) is 3.37. The molecule has 0 aliphatic carbocycles. The molecular weight excluding hydrogens is 300 g/mol. The maximum atomic E-state index is 12.2. The molecule has 2 aliphatic heterocycles. The lowest BCUT2D eigenvalue weighted by Gasteiger charge is -2.14. The van der Waals surface area contributed by atoms with Crippen molar-refractivity contribution >= 4 is 17.9 Å². The highest BCUT2D eigenvalue weighted by molar-refractivity contribution is 5.86. The number of nitrogens with one attached hydrogen (secondary N) is 1. The van der Waals surface area contributed by atoms with Crippen LogP contribution in [0.4, 0.5) is 0 Å². The number of hydrogen-bond acceptors (Lipinski definition) is 2. The van der Waals surface area contributed by atoms with Crippen LogP contribution in [0.2, 0.25) is 0 Å². The molecule has 0 saturated carbocycles. The summed E-state index contributed by atoms with van der Waals surface area (Å²) in [6.45, 7) is 0. The minimum absolute atomic E-state index is 0.0826. The highest BCUT2D eigenvalue weighted by atomic mass is 16.2. The summed E-state index contributed by atoms with van der Waals surface area (Å²) in [5.74, 6) is -0.176. The average Bonchev–Trinajstić information content (AvgIpc) is 3.03. The van der Waals surface area contributed by atoms with Crippen LogP contribution in [0.1, 0.15) is 30.0 Å². The molecule has 4 rings (SSSR count). The van der Waals surface area contributed by atoms with Crippen molar-refractivity contribution in [2.45, 2.75) is 25.3 Å². The molecule has 1 unspecified atom stereocenters. The van der Waals surface area contributed by atoms with Crippen LogP contribution in [-0.4, -0.2) is 11.8 Å². The van der Waals surface area contributed by atoms with E-state index < -0.39 is 0 Å². The minimum Gasteiger partial charge on any atom is -0.349 e. The molecule has 2 amide bonds. The van der Waals surface area contributed by atoms with Crippen LogP contribution in [0, 0.1) is 5.92 Å². The van der Waals surface area contributed by atoms with Crippen molar-refractivity contribution in [2.24, 2.45) is 10.9 Å². The van der Waals surface area contributed by atoms with Crippen molar-refractivity contribution in [1.82, 2.24) is 5.32 Å². The molecule has 0 spiro atoms. The summed E-state index contributed by atoms with van der Waals surface area (Å²) in [7, 11) is 0. The fourth-order valence-electron chi connectivity index (χ4n) is 3.37. The Hall–Kier alpha value is -2.75. The predicted octanol–water partition coefficient (Wildman–Crippen LogP) is 1.44. The van der Waals surface area contributed by atoms with Crippen LogP contribution >= 0.6 is 0 Å². The number of benzene rings is 2. The van der Waals surface area contributed by atoms with E-state index in [2.05, 4.69) is 10.3 Å². The van der Waals surface area contributed by atoms with E-state index in [0.717, 1.165) is 28.1 Å². The fraction of sp³-hybridized carbons (Fsp3) is 0.250. The van der Waals surface area contributed by atoms with Gasteiger partial charge in [-0.3, -0.25) is 9.59 Å². The molecule has 2 heterocycles. The SMILES string of the molecule is O=C1CC[C@@H](c2ccc(CC3C=c4ccccc4=NC3=O)cc2)N1. The summed E-state index contributed by atoms with van der Waals surface area (Å²) < 4.78 is 0. The molecule has 2 atom stereocenters. The zero-order valence-electron chi connectivity index (χ0n) is 13.2.